The average Bonchev–Trinajstić information content (AvgIpc) is 3.05. The first-order valence-corrected chi connectivity index (χ1v) is 6.96. The quantitative estimate of drug-likeness (QED) is 0.737. The highest BCUT2D eigenvalue weighted by Crippen LogP contribution is 2.40. The normalized spacial score (nSPS) is 15.8. The molecule has 1 aromatic carbocycles. The number of ether oxygens (including phenoxy) is 1. The van der Waals surface area contributed by atoms with E-state index in [-0.39, 0.29) is 11.1 Å². The monoisotopic (exact) mass is 264 g/mol. The third-order valence-corrected chi connectivity index (χ3v) is 3.64. The van der Waals surface area contributed by atoms with E-state index in [1.54, 1.807) is 0 Å². The predicted molar refractivity (Wildman–Crippen MR) is 78.1 cm³/mol. The largest absolute Gasteiger partial charge is 0.502 e. The number of rotatable bonds is 5. The molecule has 0 radical (unpaired) electrons. The van der Waals surface area contributed by atoms with Crippen LogP contribution in [0.15, 0.2) is 12.1 Å². The van der Waals surface area contributed by atoms with E-state index < -0.39 is 11.6 Å². The highest BCUT2D eigenvalue weighted by molar-refractivity contribution is 6.39. The summed E-state index contributed by atoms with van der Waals surface area (Å²) in [6, 6.07) is 2.30. The van der Waals surface area contributed by atoms with Crippen LogP contribution in [0.4, 0.5) is 8.78 Å². The van der Waals surface area contributed by atoms with Gasteiger partial charge in [-0.15, -0.1) is 0 Å². The molecule has 0 saturated heterocycles. The summed E-state index contributed by atoms with van der Waals surface area (Å²) >= 11 is 0. The average molecular weight is 264 g/mol. The summed E-state index contributed by atoms with van der Waals surface area (Å²) in [6.07, 6.45) is 2.86. The van der Waals surface area contributed by atoms with Gasteiger partial charge in [-0.3, -0.25) is 0 Å². The van der Waals surface area contributed by atoms with E-state index in [1.165, 1.54) is 6.07 Å². The van der Waals surface area contributed by atoms with Gasteiger partial charge in [0.2, 0.25) is 0 Å². The van der Waals surface area contributed by atoms with E-state index in [4.69, 9.17) is 4.74 Å². The van der Waals surface area contributed by atoms with Crippen LogP contribution in [-0.2, 0) is 6.42 Å². The Morgan fingerprint density at radius 2 is 1.95 bits per heavy atom. The Balaban J connectivity index is 2.31. The van der Waals surface area contributed by atoms with Gasteiger partial charge in [0.1, 0.15) is 21.5 Å². The Bertz CT molecular complexity index is 471. The minimum absolute atomic E-state index is 0.229. The summed E-state index contributed by atoms with van der Waals surface area (Å²) in [5.41, 5.74) is 0.626. The summed E-state index contributed by atoms with van der Waals surface area (Å²) in [6.45, 7) is 4.05. The van der Waals surface area contributed by atoms with Crippen LogP contribution in [0.2, 0.25) is 0 Å². The fourth-order valence-electron chi connectivity index (χ4n) is 2.44. The Kier molecular flexibility index (Phi) is 3.93. The Hall–Kier alpha value is -0.990. The maximum absolute atomic E-state index is 14.0. The fourth-order valence-corrected chi connectivity index (χ4v) is 2.44. The van der Waals surface area contributed by atoms with Gasteiger partial charge < -0.3 is 4.74 Å². The second-order valence-electron chi connectivity index (χ2n) is 6.45. The second-order valence-corrected chi connectivity index (χ2v) is 6.45. The van der Waals surface area contributed by atoms with Crippen LogP contribution in [0, 0.1) is 23.5 Å². The number of benzene rings is 1. The number of halogens is 2. The first-order valence-electron chi connectivity index (χ1n) is 6.96. The van der Waals surface area contributed by atoms with Crippen molar-refractivity contribution in [3.8, 4) is 5.75 Å². The van der Waals surface area contributed by atoms with Gasteiger partial charge in [-0.2, -0.15) is 0 Å². The molecule has 1 fully saturated rings. The molecule has 1 nitrogen and oxygen atoms in total. The van der Waals surface area contributed by atoms with Gasteiger partial charge in [0.05, 0.1) is 0 Å². The summed E-state index contributed by atoms with van der Waals surface area (Å²) < 4.78 is 33.3. The van der Waals surface area contributed by atoms with Crippen LogP contribution in [-0.4, -0.2) is 21.1 Å². The molecule has 0 bridgehead atoms. The molecular weight excluding hydrogens is 244 g/mol. The van der Waals surface area contributed by atoms with Gasteiger partial charge in [-0.05, 0) is 37.2 Å². The summed E-state index contributed by atoms with van der Waals surface area (Å²) in [5.74, 6) is -0.0995. The van der Waals surface area contributed by atoms with Gasteiger partial charge in [-0.1, -0.05) is 13.8 Å². The van der Waals surface area contributed by atoms with Crippen molar-refractivity contribution in [2.45, 2.75) is 38.5 Å². The lowest BCUT2D eigenvalue weighted by Crippen LogP contribution is -2.40. The van der Waals surface area contributed by atoms with Crippen LogP contribution >= 0.6 is 0 Å². The molecule has 102 valence electrons. The lowest BCUT2D eigenvalue weighted by molar-refractivity contribution is 0.203. The molecule has 1 saturated carbocycles. The van der Waals surface area contributed by atoms with Gasteiger partial charge in [-0.25, -0.2) is 8.78 Å². The smallest absolute Gasteiger partial charge is 0.168 e. The zero-order valence-electron chi connectivity index (χ0n) is 12.1. The molecule has 2 rings (SSSR count). The molecule has 1 aliphatic rings. The Morgan fingerprint density at radius 3 is 2.47 bits per heavy atom. The molecule has 0 unspecified atom stereocenters. The van der Waals surface area contributed by atoms with Crippen LogP contribution in [0.5, 0.6) is 5.75 Å². The zero-order valence-corrected chi connectivity index (χ0v) is 12.1. The summed E-state index contributed by atoms with van der Waals surface area (Å²) in [4.78, 5) is 0. The van der Waals surface area contributed by atoms with Crippen molar-refractivity contribution in [3.05, 3.63) is 29.3 Å². The van der Waals surface area contributed by atoms with Crippen molar-refractivity contribution in [2.75, 3.05) is 0 Å². The molecule has 0 amide bonds. The highest BCUT2D eigenvalue weighted by Gasteiger charge is 2.40. The third-order valence-electron chi connectivity index (χ3n) is 3.64. The van der Waals surface area contributed by atoms with E-state index in [0.717, 1.165) is 18.9 Å². The first kappa shape index (κ1) is 14.4. The molecule has 1 aliphatic carbocycles. The van der Waals surface area contributed by atoms with Crippen molar-refractivity contribution in [1.82, 2.24) is 0 Å². The predicted octanol–water partition coefficient (Wildman–Crippen LogP) is 1.87. The molecule has 0 aromatic heterocycles. The molecule has 0 N–H and O–H groups in total. The lowest BCUT2D eigenvalue weighted by atomic mass is 9.62. The Labute approximate surface area is 115 Å². The van der Waals surface area contributed by atoms with Crippen LogP contribution in [0.1, 0.15) is 32.3 Å². The summed E-state index contributed by atoms with van der Waals surface area (Å²) in [7, 11) is 3.96. The molecule has 0 spiro atoms. The molecule has 19 heavy (non-hydrogen) atoms. The SMILES string of the molecule is BC(B)(Oc1c(F)cc(F)cc1CC(C)C)C1CC1. The van der Waals surface area contributed by atoms with Crippen molar-refractivity contribution in [3.63, 3.8) is 0 Å². The van der Waals surface area contributed by atoms with Gasteiger partial charge in [0.25, 0.3) is 0 Å². The minimum Gasteiger partial charge on any atom is -0.502 e. The zero-order chi connectivity index (χ0) is 14.2. The molecule has 0 heterocycles. The molecule has 0 atom stereocenters. The van der Waals surface area contributed by atoms with Crippen LogP contribution in [0.25, 0.3) is 0 Å². The van der Waals surface area contributed by atoms with Crippen LogP contribution in [0.3, 0.4) is 0 Å². The maximum Gasteiger partial charge on any atom is 0.168 e. The van der Waals surface area contributed by atoms with Crippen LogP contribution < -0.4 is 4.74 Å². The topological polar surface area (TPSA) is 9.23 Å². The minimum atomic E-state index is -0.593. The lowest BCUT2D eigenvalue weighted by Gasteiger charge is -2.29. The molecule has 1 aromatic rings. The first-order chi connectivity index (χ1) is 8.79. The number of hydrogen-bond acceptors (Lipinski definition) is 1. The van der Waals surface area contributed by atoms with Gasteiger partial charge in [0, 0.05) is 17.0 Å². The van der Waals surface area contributed by atoms with Gasteiger partial charge >= 0.3 is 0 Å². The van der Waals surface area contributed by atoms with Crippen molar-refractivity contribution < 1.29 is 13.5 Å². The molecule has 0 aliphatic heterocycles. The van der Waals surface area contributed by atoms with Crippen molar-refractivity contribution >= 4 is 15.7 Å². The van der Waals surface area contributed by atoms with E-state index in [9.17, 15) is 8.78 Å². The maximum atomic E-state index is 14.0. The third kappa shape index (κ3) is 3.52. The van der Waals surface area contributed by atoms with Crippen molar-refractivity contribution in [1.29, 1.82) is 0 Å². The Morgan fingerprint density at radius 1 is 1.32 bits per heavy atom. The molecular formula is C14H20B2F2O. The molecule has 5 heteroatoms. The fraction of sp³-hybridized carbons (Fsp3) is 0.571. The second kappa shape index (κ2) is 5.18. The highest BCUT2D eigenvalue weighted by atomic mass is 19.1. The van der Waals surface area contributed by atoms with Gasteiger partial charge in [0.15, 0.2) is 11.6 Å². The van der Waals surface area contributed by atoms with E-state index in [1.807, 2.05) is 29.5 Å². The number of hydrogen-bond donors (Lipinski definition) is 0. The standard InChI is InChI=1S/C14H20B2F2O/c1-8(2)5-9-6-11(17)7-12(18)13(9)19-14(15,16)10-3-4-10/h6-8,10H,3-5,15-16H2,1-2H3. The van der Waals surface area contributed by atoms with E-state index in [0.29, 0.717) is 23.8 Å². The van der Waals surface area contributed by atoms with Crippen molar-refractivity contribution in [2.24, 2.45) is 11.8 Å². The van der Waals surface area contributed by atoms with E-state index >= 15 is 0 Å². The summed E-state index contributed by atoms with van der Waals surface area (Å²) in [5, 5.41) is -0.385. The van der Waals surface area contributed by atoms with E-state index in [2.05, 4.69) is 0 Å².